The number of carbonyl (C=O) groups excluding carboxylic acids is 2. The zero-order valence-corrected chi connectivity index (χ0v) is 31.8. The number of aliphatic hydroxyl groups excluding tert-OH is 1. The Morgan fingerprint density at radius 3 is 2.17 bits per heavy atom. The van der Waals surface area contributed by atoms with Crippen molar-refractivity contribution in [1.82, 2.24) is 20.4 Å². The third-order valence-corrected chi connectivity index (χ3v) is 10.6. The lowest BCUT2D eigenvalue weighted by molar-refractivity contribution is -0.276. The van der Waals surface area contributed by atoms with Gasteiger partial charge in [-0.3, -0.25) is 19.4 Å². The molecule has 9 heteroatoms. The van der Waals surface area contributed by atoms with Crippen LogP contribution in [0, 0.1) is 5.92 Å². The van der Waals surface area contributed by atoms with E-state index in [1.807, 2.05) is 24.3 Å². The summed E-state index contributed by atoms with van der Waals surface area (Å²) < 4.78 is 13.7. The first-order valence-electron chi connectivity index (χ1n) is 19.5. The van der Waals surface area contributed by atoms with Crippen LogP contribution in [0.1, 0.15) is 79.7 Å². The molecule has 2 fully saturated rings. The summed E-state index contributed by atoms with van der Waals surface area (Å²) in [4.78, 5) is 28.6. The predicted molar refractivity (Wildman–Crippen MR) is 212 cm³/mol. The summed E-state index contributed by atoms with van der Waals surface area (Å²) in [5, 5.41) is 15.5. The highest BCUT2D eigenvalue weighted by Gasteiger charge is 2.39. The monoisotopic (exact) mass is 732 g/mol. The highest BCUT2D eigenvalue weighted by molar-refractivity contribution is 5.76. The van der Waals surface area contributed by atoms with Crippen LogP contribution in [0.5, 0.6) is 0 Å². The van der Waals surface area contributed by atoms with Gasteiger partial charge in [0.25, 0.3) is 0 Å². The van der Waals surface area contributed by atoms with Gasteiger partial charge in [0.05, 0.1) is 18.8 Å². The van der Waals surface area contributed by atoms with E-state index in [2.05, 4.69) is 106 Å². The lowest BCUT2D eigenvalue weighted by Gasteiger charge is -2.44. The van der Waals surface area contributed by atoms with Gasteiger partial charge in [0.2, 0.25) is 11.8 Å². The number of carbonyl (C=O) groups is 2. The van der Waals surface area contributed by atoms with Crippen LogP contribution in [0.4, 0.5) is 0 Å². The van der Waals surface area contributed by atoms with Crippen LogP contribution in [0.2, 0.25) is 0 Å². The third kappa shape index (κ3) is 11.3. The molecule has 2 heterocycles. The molecule has 0 radical (unpaired) electrons. The van der Waals surface area contributed by atoms with Gasteiger partial charge in [-0.15, -0.1) is 0 Å². The van der Waals surface area contributed by atoms with Gasteiger partial charge in [-0.1, -0.05) is 104 Å². The summed E-state index contributed by atoms with van der Waals surface area (Å²) in [5.74, 6) is 0.125. The van der Waals surface area contributed by atoms with Crippen molar-refractivity contribution in [3.63, 3.8) is 0 Å². The van der Waals surface area contributed by atoms with Gasteiger partial charge < -0.3 is 25.2 Å². The molecule has 54 heavy (non-hydrogen) atoms. The summed E-state index contributed by atoms with van der Waals surface area (Å²) in [5.41, 5.74) is 7.43. The minimum Gasteiger partial charge on any atom is -0.392 e. The van der Waals surface area contributed by atoms with Crippen LogP contribution in [0.15, 0.2) is 103 Å². The molecule has 3 N–H and O–H groups in total. The Kier molecular flexibility index (Phi) is 14.4. The van der Waals surface area contributed by atoms with Crippen LogP contribution < -0.4 is 10.6 Å². The Balaban J connectivity index is 1.10. The fourth-order valence-corrected chi connectivity index (χ4v) is 7.42. The number of nitrogens with one attached hydrogen (secondary N) is 2. The number of ether oxygens (including phenoxy) is 2. The van der Waals surface area contributed by atoms with Crippen LogP contribution >= 0.6 is 0 Å². The molecule has 286 valence electrons. The third-order valence-electron chi connectivity index (χ3n) is 10.6. The average molecular weight is 733 g/mol. The number of aliphatic hydroxyl groups is 1. The van der Waals surface area contributed by atoms with Gasteiger partial charge in [0.15, 0.2) is 6.29 Å². The van der Waals surface area contributed by atoms with E-state index in [9.17, 15) is 14.7 Å². The molecule has 0 aliphatic carbocycles. The SMILES string of the molecule is CC(=O)NCCCCCC(=O)NCc1cccc(-c2cccc(C3OC(CN4CCN(Cc5ccccc5)CC4)C(C)C(c4ccc(CO)cc4)O3)c2)c1. The lowest BCUT2D eigenvalue weighted by Crippen LogP contribution is -2.51. The maximum Gasteiger partial charge on any atom is 0.220 e. The number of rotatable bonds is 16. The largest absolute Gasteiger partial charge is 0.392 e. The van der Waals surface area contributed by atoms with E-state index in [1.54, 1.807) is 0 Å². The second-order valence-electron chi connectivity index (χ2n) is 14.8. The molecular formula is C45H56N4O5. The molecule has 2 aliphatic rings. The summed E-state index contributed by atoms with van der Waals surface area (Å²) in [7, 11) is 0. The minimum atomic E-state index is -0.547. The van der Waals surface area contributed by atoms with Crippen LogP contribution in [0.3, 0.4) is 0 Å². The van der Waals surface area contributed by atoms with Crippen molar-refractivity contribution >= 4 is 11.8 Å². The zero-order valence-electron chi connectivity index (χ0n) is 31.8. The normalized spacial score (nSPS) is 20.7. The van der Waals surface area contributed by atoms with Crippen molar-refractivity contribution in [2.45, 2.75) is 77.7 Å². The van der Waals surface area contributed by atoms with Crippen molar-refractivity contribution in [2.24, 2.45) is 5.92 Å². The molecule has 4 aromatic rings. The first-order chi connectivity index (χ1) is 26.3. The molecule has 4 aromatic carbocycles. The van der Waals surface area contributed by atoms with Crippen molar-refractivity contribution < 1.29 is 24.2 Å². The molecule has 2 saturated heterocycles. The van der Waals surface area contributed by atoms with Crippen LogP contribution in [0.25, 0.3) is 11.1 Å². The van der Waals surface area contributed by atoms with Crippen molar-refractivity contribution in [3.05, 3.63) is 131 Å². The van der Waals surface area contributed by atoms with Crippen molar-refractivity contribution in [3.8, 4) is 11.1 Å². The Bertz CT molecular complexity index is 1780. The van der Waals surface area contributed by atoms with Gasteiger partial charge >= 0.3 is 0 Å². The number of hydrogen-bond donors (Lipinski definition) is 3. The number of nitrogens with zero attached hydrogens (tertiary/aromatic N) is 2. The summed E-state index contributed by atoms with van der Waals surface area (Å²) >= 11 is 0. The summed E-state index contributed by atoms with van der Waals surface area (Å²) in [6, 6.07) is 35.5. The van der Waals surface area contributed by atoms with Crippen LogP contribution in [-0.4, -0.2) is 72.1 Å². The topological polar surface area (TPSA) is 103 Å². The highest BCUT2D eigenvalue weighted by atomic mass is 16.7. The van der Waals surface area contributed by atoms with Gasteiger partial charge in [-0.05, 0) is 58.4 Å². The number of piperazine rings is 1. The molecule has 6 rings (SSSR count). The fraction of sp³-hybridized carbons (Fsp3) is 0.422. The average Bonchev–Trinajstić information content (AvgIpc) is 3.20. The maximum absolute atomic E-state index is 12.5. The van der Waals surface area contributed by atoms with E-state index in [1.165, 1.54) is 12.5 Å². The highest BCUT2D eigenvalue weighted by Crippen LogP contribution is 2.42. The number of unbranched alkanes of at least 4 members (excludes halogenated alkanes) is 2. The molecule has 0 bridgehead atoms. The van der Waals surface area contributed by atoms with Gasteiger partial charge in [-0.2, -0.15) is 0 Å². The molecule has 4 atom stereocenters. The Hall–Kier alpha value is -4.38. The molecule has 9 nitrogen and oxygen atoms in total. The molecule has 0 aromatic heterocycles. The van der Waals surface area contributed by atoms with E-state index < -0.39 is 6.29 Å². The van der Waals surface area contributed by atoms with Crippen LogP contribution in [-0.2, 0) is 38.8 Å². The van der Waals surface area contributed by atoms with Gasteiger partial charge in [0.1, 0.15) is 0 Å². The molecular weight excluding hydrogens is 677 g/mol. The van der Waals surface area contributed by atoms with E-state index in [4.69, 9.17) is 9.47 Å². The quantitative estimate of drug-likeness (QED) is 0.109. The van der Waals surface area contributed by atoms with E-state index in [0.717, 1.165) is 91.9 Å². The minimum absolute atomic E-state index is 0.00839. The maximum atomic E-state index is 12.5. The van der Waals surface area contributed by atoms with E-state index in [0.29, 0.717) is 19.5 Å². The first kappa shape index (κ1) is 39.3. The standard InChI is InChI=1S/C45H56N4O5/c1-33-42(31-49-25-23-48(24-26-49)30-35-11-5-3-6-12-35)53-45(54-44(33)38-20-18-36(32-50)19-21-38)41-16-10-15-40(28-41)39-14-9-13-37(27-39)29-47-43(52)17-7-4-8-22-46-34(2)51/h3,5-6,9-16,18-21,27-28,33,42,44-45,50H,4,7-8,17,22-26,29-32H2,1-2H3,(H,46,51)(H,47,52). The number of hydrogen-bond acceptors (Lipinski definition) is 7. The Morgan fingerprint density at radius 2 is 1.43 bits per heavy atom. The zero-order chi connectivity index (χ0) is 37.7. The lowest BCUT2D eigenvalue weighted by atomic mass is 9.89. The van der Waals surface area contributed by atoms with Crippen molar-refractivity contribution in [2.75, 3.05) is 39.3 Å². The molecule has 2 aliphatic heterocycles. The molecule has 4 unspecified atom stereocenters. The summed E-state index contributed by atoms with van der Waals surface area (Å²) in [6.07, 6.45) is 2.28. The second-order valence-corrected chi connectivity index (χ2v) is 14.8. The first-order valence-corrected chi connectivity index (χ1v) is 19.5. The molecule has 0 saturated carbocycles. The fourth-order valence-electron chi connectivity index (χ4n) is 7.42. The molecule has 0 spiro atoms. The smallest absolute Gasteiger partial charge is 0.220 e. The molecule has 2 amide bonds. The van der Waals surface area contributed by atoms with Crippen molar-refractivity contribution in [1.29, 1.82) is 0 Å². The van der Waals surface area contributed by atoms with Gasteiger partial charge in [-0.25, -0.2) is 0 Å². The summed E-state index contributed by atoms with van der Waals surface area (Å²) in [6.45, 7) is 10.7. The van der Waals surface area contributed by atoms with Gasteiger partial charge in [0, 0.05) is 77.2 Å². The number of benzene rings is 4. The Labute approximate surface area is 320 Å². The van der Waals surface area contributed by atoms with E-state index in [-0.39, 0.29) is 36.5 Å². The Morgan fingerprint density at radius 1 is 0.722 bits per heavy atom. The second kappa shape index (κ2) is 19.8. The number of amides is 2. The predicted octanol–water partition coefficient (Wildman–Crippen LogP) is 6.77. The van der Waals surface area contributed by atoms with E-state index >= 15 is 0 Å².